The van der Waals surface area contributed by atoms with Crippen LogP contribution >= 0.6 is 0 Å². The number of aromatic nitrogens is 2. The molecule has 4 rings (SSSR count). The summed E-state index contributed by atoms with van der Waals surface area (Å²) >= 11 is 0. The Kier molecular flexibility index (Phi) is 5.33. The van der Waals surface area contributed by atoms with Crippen LogP contribution in [0.3, 0.4) is 0 Å². The zero-order valence-electron chi connectivity index (χ0n) is 16.9. The molecule has 1 unspecified atom stereocenters. The molecule has 0 bridgehead atoms. The van der Waals surface area contributed by atoms with Gasteiger partial charge in [-0.3, -0.25) is 4.79 Å². The minimum absolute atomic E-state index is 0.0271. The Labute approximate surface area is 167 Å². The molecule has 1 saturated carbocycles. The standard InChI is InChI=1S/C23H30N4O/c1-3-14(2)23(28)27-22-20(15-7-5-4-6-8-15)26-21-18-11-10-17(24)13-16(18)9-12-19(21)25-22/h10-11,13-15H,3-9,12,24H2,1-2H3,(H,25,27,28). The quantitative estimate of drug-likeness (QED) is 0.745. The highest BCUT2D eigenvalue weighted by Crippen LogP contribution is 2.39. The van der Waals surface area contributed by atoms with Gasteiger partial charge in [0, 0.05) is 23.1 Å². The number of amides is 1. The van der Waals surface area contributed by atoms with E-state index < -0.39 is 0 Å². The van der Waals surface area contributed by atoms with Gasteiger partial charge >= 0.3 is 0 Å². The maximum absolute atomic E-state index is 12.6. The van der Waals surface area contributed by atoms with E-state index in [1.807, 2.05) is 19.9 Å². The monoisotopic (exact) mass is 378 g/mol. The highest BCUT2D eigenvalue weighted by Gasteiger charge is 2.27. The lowest BCUT2D eigenvalue weighted by Crippen LogP contribution is -2.24. The fourth-order valence-corrected chi connectivity index (χ4v) is 4.36. The van der Waals surface area contributed by atoms with E-state index in [9.17, 15) is 4.79 Å². The Morgan fingerprint density at radius 2 is 2.00 bits per heavy atom. The van der Waals surface area contributed by atoms with Crippen LogP contribution in [0.4, 0.5) is 11.5 Å². The van der Waals surface area contributed by atoms with Crippen molar-refractivity contribution >= 4 is 17.4 Å². The molecule has 1 aromatic heterocycles. The summed E-state index contributed by atoms with van der Waals surface area (Å²) in [6.07, 6.45) is 8.51. The third kappa shape index (κ3) is 3.62. The molecular formula is C23H30N4O. The summed E-state index contributed by atoms with van der Waals surface area (Å²) in [6.45, 7) is 4.00. The number of anilines is 2. The van der Waals surface area contributed by atoms with Gasteiger partial charge in [-0.15, -0.1) is 0 Å². The lowest BCUT2D eigenvalue weighted by atomic mass is 9.85. The van der Waals surface area contributed by atoms with Crippen molar-refractivity contribution in [1.82, 2.24) is 9.97 Å². The van der Waals surface area contributed by atoms with Gasteiger partial charge in [0.1, 0.15) is 0 Å². The summed E-state index contributed by atoms with van der Waals surface area (Å²) in [4.78, 5) is 22.7. The van der Waals surface area contributed by atoms with Crippen LogP contribution in [0.25, 0.3) is 11.3 Å². The van der Waals surface area contributed by atoms with Gasteiger partial charge < -0.3 is 11.1 Å². The molecule has 28 heavy (non-hydrogen) atoms. The number of rotatable bonds is 4. The fraction of sp³-hybridized carbons (Fsp3) is 0.522. The van der Waals surface area contributed by atoms with Gasteiger partial charge in [0.2, 0.25) is 5.91 Å². The Hall–Kier alpha value is -2.43. The molecule has 1 heterocycles. The fourth-order valence-electron chi connectivity index (χ4n) is 4.36. The lowest BCUT2D eigenvalue weighted by molar-refractivity contribution is -0.119. The summed E-state index contributed by atoms with van der Waals surface area (Å²) in [5.74, 6) is 1.08. The number of nitrogens with two attached hydrogens (primary N) is 1. The first-order valence-electron chi connectivity index (χ1n) is 10.7. The highest BCUT2D eigenvalue weighted by molar-refractivity contribution is 5.92. The Morgan fingerprint density at radius 3 is 2.75 bits per heavy atom. The molecule has 0 spiro atoms. The number of nitrogens with zero attached hydrogens (tertiary/aromatic N) is 2. The van der Waals surface area contributed by atoms with Gasteiger partial charge in [-0.2, -0.15) is 0 Å². The number of carbonyl (C=O) groups is 1. The van der Waals surface area contributed by atoms with Crippen LogP contribution in [0.15, 0.2) is 18.2 Å². The van der Waals surface area contributed by atoms with Crippen LogP contribution < -0.4 is 11.1 Å². The number of fused-ring (bicyclic) bond motifs is 3. The van der Waals surface area contributed by atoms with Gasteiger partial charge in [-0.1, -0.05) is 39.2 Å². The van der Waals surface area contributed by atoms with Crippen molar-refractivity contribution in [2.75, 3.05) is 11.1 Å². The lowest BCUT2D eigenvalue weighted by Gasteiger charge is -2.26. The highest BCUT2D eigenvalue weighted by atomic mass is 16.1. The molecule has 0 saturated heterocycles. The van der Waals surface area contributed by atoms with Crippen LogP contribution in [-0.2, 0) is 17.6 Å². The molecule has 1 amide bonds. The normalized spacial score (nSPS) is 17.5. The molecular weight excluding hydrogens is 348 g/mol. The molecule has 2 aliphatic carbocycles. The zero-order valence-corrected chi connectivity index (χ0v) is 16.9. The Morgan fingerprint density at radius 1 is 1.21 bits per heavy atom. The van der Waals surface area contributed by atoms with Crippen LogP contribution in [0.1, 0.15) is 75.2 Å². The molecule has 148 valence electrons. The molecule has 5 heteroatoms. The number of hydrogen-bond acceptors (Lipinski definition) is 4. The average molecular weight is 379 g/mol. The zero-order chi connectivity index (χ0) is 19.7. The van der Waals surface area contributed by atoms with E-state index in [0.29, 0.717) is 11.7 Å². The summed E-state index contributed by atoms with van der Waals surface area (Å²) < 4.78 is 0. The smallest absolute Gasteiger partial charge is 0.228 e. The van der Waals surface area contributed by atoms with E-state index in [1.54, 1.807) is 0 Å². The van der Waals surface area contributed by atoms with Crippen LogP contribution in [0, 0.1) is 5.92 Å². The number of aryl methyl sites for hydroxylation is 2. The van der Waals surface area contributed by atoms with Gasteiger partial charge in [-0.25, -0.2) is 9.97 Å². The van der Waals surface area contributed by atoms with E-state index in [2.05, 4.69) is 17.4 Å². The molecule has 1 aromatic carbocycles. The third-order valence-electron chi connectivity index (χ3n) is 6.30. The Bertz CT molecular complexity index is 886. The molecule has 1 atom stereocenters. The first-order chi connectivity index (χ1) is 13.6. The van der Waals surface area contributed by atoms with Crippen molar-refractivity contribution in [3.63, 3.8) is 0 Å². The van der Waals surface area contributed by atoms with E-state index >= 15 is 0 Å². The van der Waals surface area contributed by atoms with Crippen molar-refractivity contribution in [2.45, 2.75) is 71.1 Å². The van der Waals surface area contributed by atoms with Crippen LogP contribution in [0.5, 0.6) is 0 Å². The van der Waals surface area contributed by atoms with Crippen molar-refractivity contribution in [1.29, 1.82) is 0 Å². The number of nitrogen functional groups attached to an aromatic ring is 1. The minimum atomic E-state index is -0.0271. The van der Waals surface area contributed by atoms with E-state index in [-0.39, 0.29) is 11.8 Å². The maximum atomic E-state index is 12.6. The van der Waals surface area contributed by atoms with Gasteiger partial charge in [0.05, 0.1) is 17.1 Å². The average Bonchev–Trinajstić information content (AvgIpc) is 2.72. The molecule has 1 fully saturated rings. The first kappa shape index (κ1) is 18.9. The predicted octanol–water partition coefficient (Wildman–Crippen LogP) is 4.86. The Balaban J connectivity index is 1.78. The predicted molar refractivity (Wildman–Crippen MR) is 113 cm³/mol. The van der Waals surface area contributed by atoms with E-state index in [0.717, 1.165) is 60.4 Å². The molecule has 2 aliphatic rings. The molecule has 0 radical (unpaired) electrons. The maximum Gasteiger partial charge on any atom is 0.228 e. The topological polar surface area (TPSA) is 80.9 Å². The SMILES string of the molecule is CCC(C)C(=O)Nc1nc2c(nc1C1CCCCC1)-c1ccc(N)cc1CC2. The van der Waals surface area contributed by atoms with Gasteiger partial charge in [-0.05, 0) is 49.8 Å². The van der Waals surface area contributed by atoms with Crippen molar-refractivity contribution in [2.24, 2.45) is 5.92 Å². The largest absolute Gasteiger partial charge is 0.399 e. The number of carbonyl (C=O) groups excluding carboxylic acids is 1. The second-order valence-electron chi connectivity index (χ2n) is 8.30. The molecule has 2 aromatic rings. The van der Waals surface area contributed by atoms with Crippen LogP contribution in [0.2, 0.25) is 0 Å². The third-order valence-corrected chi connectivity index (χ3v) is 6.30. The van der Waals surface area contributed by atoms with Crippen LogP contribution in [-0.4, -0.2) is 15.9 Å². The minimum Gasteiger partial charge on any atom is -0.399 e. The summed E-state index contributed by atoms with van der Waals surface area (Å²) in [6, 6.07) is 6.06. The summed E-state index contributed by atoms with van der Waals surface area (Å²) in [5, 5.41) is 3.11. The second kappa shape index (κ2) is 7.90. The molecule has 5 nitrogen and oxygen atoms in total. The number of nitrogens with one attached hydrogen (secondary N) is 1. The molecule has 0 aliphatic heterocycles. The van der Waals surface area contributed by atoms with Crippen molar-refractivity contribution in [3.05, 3.63) is 35.2 Å². The van der Waals surface area contributed by atoms with E-state index in [4.69, 9.17) is 15.7 Å². The first-order valence-corrected chi connectivity index (χ1v) is 10.7. The van der Waals surface area contributed by atoms with Gasteiger partial charge in [0.15, 0.2) is 5.82 Å². The summed E-state index contributed by atoms with van der Waals surface area (Å²) in [7, 11) is 0. The van der Waals surface area contributed by atoms with Crippen molar-refractivity contribution in [3.8, 4) is 11.3 Å². The van der Waals surface area contributed by atoms with E-state index in [1.165, 1.54) is 24.8 Å². The van der Waals surface area contributed by atoms with Crippen molar-refractivity contribution < 1.29 is 4.79 Å². The number of benzene rings is 1. The second-order valence-corrected chi connectivity index (χ2v) is 8.30. The number of hydrogen-bond donors (Lipinski definition) is 2. The van der Waals surface area contributed by atoms with Gasteiger partial charge in [0.25, 0.3) is 0 Å². The summed E-state index contributed by atoms with van der Waals surface area (Å²) in [5.41, 5.74) is 12.1. The molecule has 3 N–H and O–H groups in total.